The molecule has 5 rings (SSSR count). The minimum Gasteiger partial charge on any atom is -0.481 e. The average molecular weight is 581 g/mol. The Bertz CT molecular complexity index is 1920. The van der Waals surface area contributed by atoms with Crippen molar-refractivity contribution >= 4 is 56.3 Å². The largest absolute Gasteiger partial charge is 0.481 e. The van der Waals surface area contributed by atoms with Crippen molar-refractivity contribution in [3.05, 3.63) is 81.9 Å². The van der Waals surface area contributed by atoms with E-state index in [-0.39, 0.29) is 12.8 Å². The molecule has 9 heteroatoms. The molecule has 5 heterocycles. The number of nitrogens with one attached hydrogen (secondary N) is 2. The second kappa shape index (κ2) is 11.5. The van der Waals surface area contributed by atoms with E-state index in [0.717, 1.165) is 72.3 Å². The molecule has 43 heavy (non-hydrogen) atoms. The van der Waals surface area contributed by atoms with Crippen LogP contribution in [0.4, 0.5) is 0 Å². The SMILES string of the molecule is C=CC1=C(C)c2cc3[nH]c(cc4[nH]c(cc5nc(cc1n2)C(C)=C5CCC(=O)O)c(CCC(=O)O)c4C)c(C)c3C(C)O. The monoisotopic (exact) mass is 580 g/mol. The molecule has 222 valence electrons. The quantitative estimate of drug-likeness (QED) is 0.194. The van der Waals surface area contributed by atoms with Crippen LogP contribution in [0.1, 0.15) is 91.2 Å². The molecule has 0 aromatic carbocycles. The third-order valence-corrected chi connectivity index (χ3v) is 8.43. The molecular formula is C34H36N4O5. The number of fused-ring (bicyclic) bond motifs is 8. The standard InChI is InChI=1S/C34H36N4O5/c1-7-21-16(2)26-14-31-34(20(6)39)19(5)27(38-31)12-24-17(3)22(8-10-32(40)41)29(36-24)15-30-23(9-11-33(42)43)18(4)25(37-30)13-28(21)35-26/h7,12-15,20,36,38-39H,1,8-11H2,2-6H3,(H,40,41)(H,42,43). The molecule has 5 N–H and O–H groups in total. The van der Waals surface area contributed by atoms with Gasteiger partial charge in [0, 0.05) is 46.0 Å². The van der Waals surface area contributed by atoms with Gasteiger partial charge >= 0.3 is 11.9 Å². The van der Waals surface area contributed by atoms with Crippen LogP contribution in [-0.4, -0.2) is 47.2 Å². The van der Waals surface area contributed by atoms with E-state index in [9.17, 15) is 24.9 Å². The van der Waals surface area contributed by atoms with Crippen LogP contribution in [0, 0.1) is 13.8 Å². The maximum Gasteiger partial charge on any atom is 0.303 e. The van der Waals surface area contributed by atoms with E-state index in [4.69, 9.17) is 9.97 Å². The molecule has 1 unspecified atom stereocenters. The summed E-state index contributed by atoms with van der Waals surface area (Å²) in [6.07, 6.45) is 1.55. The van der Waals surface area contributed by atoms with E-state index in [1.807, 2.05) is 52.0 Å². The molecule has 0 radical (unpaired) electrons. The van der Waals surface area contributed by atoms with Crippen molar-refractivity contribution in [1.29, 1.82) is 0 Å². The maximum atomic E-state index is 11.5. The predicted octanol–water partition coefficient (Wildman–Crippen LogP) is 6.91. The zero-order valence-electron chi connectivity index (χ0n) is 25.1. The lowest BCUT2D eigenvalue weighted by molar-refractivity contribution is -0.137. The van der Waals surface area contributed by atoms with Gasteiger partial charge in [-0.15, -0.1) is 0 Å². The van der Waals surface area contributed by atoms with E-state index >= 15 is 0 Å². The Morgan fingerprint density at radius 1 is 0.791 bits per heavy atom. The van der Waals surface area contributed by atoms with Gasteiger partial charge in [0.2, 0.25) is 0 Å². The lowest BCUT2D eigenvalue weighted by Gasteiger charge is -2.04. The summed E-state index contributed by atoms with van der Waals surface area (Å²) >= 11 is 0. The molecule has 0 aliphatic carbocycles. The fourth-order valence-electron chi connectivity index (χ4n) is 6.04. The number of rotatable bonds is 8. The predicted molar refractivity (Wildman–Crippen MR) is 169 cm³/mol. The normalized spacial score (nSPS) is 13.9. The van der Waals surface area contributed by atoms with Gasteiger partial charge in [-0.05, 0) is 105 Å². The summed E-state index contributed by atoms with van der Waals surface area (Å²) in [5, 5.41) is 29.7. The molecule has 2 aliphatic heterocycles. The van der Waals surface area contributed by atoms with Crippen molar-refractivity contribution in [1.82, 2.24) is 19.9 Å². The number of carbonyl (C=O) groups is 2. The highest BCUT2D eigenvalue weighted by molar-refractivity contribution is 5.98. The molecule has 0 saturated heterocycles. The van der Waals surface area contributed by atoms with Gasteiger partial charge in [-0.25, -0.2) is 9.97 Å². The minimum atomic E-state index is -0.898. The van der Waals surface area contributed by atoms with Crippen LogP contribution < -0.4 is 0 Å². The third kappa shape index (κ3) is 5.56. The highest BCUT2D eigenvalue weighted by Gasteiger charge is 2.22. The van der Waals surface area contributed by atoms with Crippen molar-refractivity contribution in [2.45, 2.75) is 66.4 Å². The molecule has 0 spiro atoms. The summed E-state index contributed by atoms with van der Waals surface area (Å²) in [4.78, 5) is 39.9. The summed E-state index contributed by atoms with van der Waals surface area (Å²) in [5.74, 6) is -1.79. The Kier molecular flexibility index (Phi) is 7.94. The van der Waals surface area contributed by atoms with E-state index in [0.29, 0.717) is 29.9 Å². The Balaban J connectivity index is 1.95. The minimum absolute atomic E-state index is 0.0431. The van der Waals surface area contributed by atoms with Gasteiger partial charge in [0.1, 0.15) is 0 Å². The molecule has 9 nitrogen and oxygen atoms in total. The number of aliphatic hydroxyl groups is 1. The molecule has 1 atom stereocenters. The topological polar surface area (TPSA) is 152 Å². The molecule has 8 bridgehead atoms. The zero-order chi connectivity index (χ0) is 31.2. The van der Waals surface area contributed by atoms with Crippen LogP contribution in [0.25, 0.3) is 44.4 Å². The Labute approximate surface area is 249 Å². The van der Waals surface area contributed by atoms with E-state index in [1.54, 1.807) is 13.0 Å². The molecule has 0 saturated carbocycles. The summed E-state index contributed by atoms with van der Waals surface area (Å²) in [7, 11) is 0. The average Bonchev–Trinajstić information content (AvgIpc) is 3.59. The number of hydrogen-bond donors (Lipinski definition) is 5. The van der Waals surface area contributed by atoms with Crippen molar-refractivity contribution in [3.63, 3.8) is 0 Å². The van der Waals surface area contributed by atoms with Gasteiger partial charge in [-0.2, -0.15) is 0 Å². The van der Waals surface area contributed by atoms with Gasteiger partial charge in [0.15, 0.2) is 0 Å². The number of aliphatic hydroxyl groups excluding tert-OH is 1. The lowest BCUT2D eigenvalue weighted by Crippen LogP contribution is -1.98. The summed E-state index contributed by atoms with van der Waals surface area (Å²) in [6, 6.07) is 7.70. The van der Waals surface area contributed by atoms with Crippen molar-refractivity contribution in [3.8, 4) is 0 Å². The molecule has 3 aromatic heterocycles. The maximum absolute atomic E-state index is 11.5. The highest BCUT2D eigenvalue weighted by Crippen LogP contribution is 2.37. The molecule has 3 aromatic rings. The number of allylic oxidation sites excluding steroid dienone is 5. The fourth-order valence-corrected chi connectivity index (χ4v) is 6.04. The number of aryl methyl sites for hydroxylation is 3. The number of hydrogen-bond acceptors (Lipinski definition) is 5. The summed E-state index contributed by atoms with van der Waals surface area (Å²) < 4.78 is 0. The van der Waals surface area contributed by atoms with Gasteiger partial charge < -0.3 is 25.3 Å². The van der Waals surface area contributed by atoms with Crippen LogP contribution >= 0.6 is 0 Å². The second-order valence-electron chi connectivity index (χ2n) is 11.2. The van der Waals surface area contributed by atoms with Gasteiger partial charge in [0.25, 0.3) is 0 Å². The van der Waals surface area contributed by atoms with Crippen LogP contribution in [0.3, 0.4) is 0 Å². The third-order valence-electron chi connectivity index (χ3n) is 8.43. The molecular weight excluding hydrogens is 544 g/mol. The van der Waals surface area contributed by atoms with Gasteiger partial charge in [-0.1, -0.05) is 12.7 Å². The highest BCUT2D eigenvalue weighted by atomic mass is 16.4. The molecule has 2 aliphatic rings. The van der Waals surface area contributed by atoms with Crippen molar-refractivity contribution in [2.24, 2.45) is 0 Å². The van der Waals surface area contributed by atoms with E-state index in [1.165, 1.54) is 0 Å². The first kappa shape index (κ1) is 29.7. The summed E-state index contributed by atoms with van der Waals surface area (Å²) in [6.45, 7) is 13.6. The molecule has 0 amide bonds. The first-order chi connectivity index (χ1) is 20.4. The fraction of sp³-hybridized carbons (Fsp3) is 0.294. The van der Waals surface area contributed by atoms with Crippen molar-refractivity contribution < 1.29 is 24.9 Å². The number of aromatic nitrogens is 4. The van der Waals surface area contributed by atoms with Crippen LogP contribution in [0.15, 0.2) is 36.9 Å². The van der Waals surface area contributed by atoms with E-state index in [2.05, 4.69) is 16.5 Å². The first-order valence-corrected chi connectivity index (χ1v) is 14.3. The van der Waals surface area contributed by atoms with Crippen LogP contribution in [-0.2, 0) is 16.0 Å². The smallest absolute Gasteiger partial charge is 0.303 e. The second-order valence-corrected chi connectivity index (χ2v) is 11.2. The number of carboxylic acids is 2. The zero-order valence-corrected chi connectivity index (χ0v) is 25.1. The number of carboxylic acid groups (broad SMARTS) is 2. The molecule has 0 fully saturated rings. The van der Waals surface area contributed by atoms with E-state index < -0.39 is 18.0 Å². The summed E-state index contributed by atoms with van der Waals surface area (Å²) in [5.41, 5.74) is 12.7. The number of aromatic amines is 2. The van der Waals surface area contributed by atoms with Crippen LogP contribution in [0.5, 0.6) is 0 Å². The Morgan fingerprint density at radius 2 is 1.37 bits per heavy atom. The lowest BCUT2D eigenvalue weighted by atomic mass is 10.00. The number of aliphatic carboxylic acids is 2. The van der Waals surface area contributed by atoms with Gasteiger partial charge in [0.05, 0.1) is 28.9 Å². The first-order valence-electron chi connectivity index (χ1n) is 14.3. The number of H-pyrrole nitrogens is 2. The van der Waals surface area contributed by atoms with Crippen molar-refractivity contribution in [2.75, 3.05) is 0 Å². The Morgan fingerprint density at radius 3 is 2.02 bits per heavy atom. The Hall–Kier alpha value is -4.76. The number of nitrogens with zero attached hydrogens (tertiary/aromatic N) is 2. The van der Waals surface area contributed by atoms with Gasteiger partial charge in [-0.3, -0.25) is 9.59 Å². The van der Waals surface area contributed by atoms with Crippen LogP contribution in [0.2, 0.25) is 0 Å².